The lowest BCUT2D eigenvalue weighted by molar-refractivity contribution is -0.131. The van der Waals surface area contributed by atoms with E-state index in [4.69, 9.17) is 9.47 Å². The summed E-state index contributed by atoms with van der Waals surface area (Å²) in [6.45, 7) is 9.69. The molecule has 1 aromatic heterocycles. The molecule has 19 heavy (non-hydrogen) atoms. The van der Waals surface area contributed by atoms with Crippen molar-refractivity contribution in [2.24, 2.45) is 0 Å². The highest BCUT2D eigenvalue weighted by Crippen LogP contribution is 2.04. The first kappa shape index (κ1) is 15.7. The third kappa shape index (κ3) is 4.65. The van der Waals surface area contributed by atoms with E-state index < -0.39 is 6.29 Å². The van der Waals surface area contributed by atoms with Crippen LogP contribution in [0.3, 0.4) is 0 Å². The quantitative estimate of drug-likeness (QED) is 0.723. The van der Waals surface area contributed by atoms with Gasteiger partial charge < -0.3 is 14.8 Å². The van der Waals surface area contributed by atoms with Crippen molar-refractivity contribution in [2.75, 3.05) is 19.8 Å². The van der Waals surface area contributed by atoms with E-state index in [0.717, 1.165) is 5.69 Å². The molecular weight excluding hydrogens is 246 g/mol. The number of nitrogens with one attached hydrogen (secondary N) is 1. The number of carbonyl (C=O) groups excluding carboxylic acids is 1. The Balaban J connectivity index is 2.58. The first-order chi connectivity index (χ1) is 9.12. The molecule has 0 bridgehead atoms. The summed E-state index contributed by atoms with van der Waals surface area (Å²) >= 11 is 0. The molecule has 1 amide bonds. The molecule has 0 atom stereocenters. The summed E-state index contributed by atoms with van der Waals surface area (Å²) in [7, 11) is 0. The smallest absolute Gasteiger partial charge is 0.269 e. The molecule has 1 heterocycles. The van der Waals surface area contributed by atoms with E-state index in [9.17, 15) is 4.79 Å². The topological polar surface area (TPSA) is 65.4 Å². The fourth-order valence-electron chi connectivity index (χ4n) is 1.77. The Kier molecular flexibility index (Phi) is 6.52. The molecule has 1 N–H and O–H groups in total. The molecule has 6 heteroatoms. The predicted molar refractivity (Wildman–Crippen MR) is 72.0 cm³/mol. The third-order valence-corrected chi connectivity index (χ3v) is 2.57. The zero-order valence-corrected chi connectivity index (χ0v) is 12.1. The Bertz CT molecular complexity index is 398. The molecule has 0 fully saturated rings. The highest BCUT2D eigenvalue weighted by atomic mass is 16.7. The zero-order valence-electron chi connectivity index (χ0n) is 12.1. The lowest BCUT2D eigenvalue weighted by atomic mass is 10.3. The summed E-state index contributed by atoms with van der Waals surface area (Å²) in [6.07, 6.45) is -0.405. The number of hydrogen-bond acceptors (Lipinski definition) is 4. The van der Waals surface area contributed by atoms with Gasteiger partial charge >= 0.3 is 0 Å². The van der Waals surface area contributed by atoms with Gasteiger partial charge in [0.15, 0.2) is 6.29 Å². The van der Waals surface area contributed by atoms with Crippen LogP contribution in [-0.2, 0) is 16.0 Å². The molecule has 108 valence electrons. The summed E-state index contributed by atoms with van der Waals surface area (Å²) < 4.78 is 12.4. The second-order valence-electron chi connectivity index (χ2n) is 4.04. The van der Waals surface area contributed by atoms with Crippen molar-refractivity contribution < 1.29 is 14.3 Å². The van der Waals surface area contributed by atoms with Gasteiger partial charge in [0.1, 0.15) is 5.69 Å². The Morgan fingerprint density at radius 1 is 1.37 bits per heavy atom. The fraction of sp³-hybridized carbons (Fsp3) is 0.692. The van der Waals surface area contributed by atoms with Crippen molar-refractivity contribution >= 4 is 5.91 Å². The van der Waals surface area contributed by atoms with Crippen LogP contribution in [0.2, 0.25) is 0 Å². The average Bonchev–Trinajstić information content (AvgIpc) is 2.77. The van der Waals surface area contributed by atoms with E-state index in [1.54, 1.807) is 10.7 Å². The number of rotatable bonds is 8. The number of hydrogen-bond donors (Lipinski definition) is 1. The predicted octanol–water partition coefficient (Wildman–Crippen LogP) is 1.34. The molecule has 0 aliphatic heterocycles. The van der Waals surface area contributed by atoms with Gasteiger partial charge in [-0.25, -0.2) is 0 Å². The summed E-state index contributed by atoms with van der Waals surface area (Å²) in [4.78, 5) is 12.1. The van der Waals surface area contributed by atoms with Crippen molar-refractivity contribution in [1.29, 1.82) is 0 Å². The van der Waals surface area contributed by atoms with E-state index in [0.29, 0.717) is 32.0 Å². The van der Waals surface area contributed by atoms with Gasteiger partial charge in [-0.05, 0) is 33.8 Å². The molecule has 0 aliphatic carbocycles. The average molecular weight is 269 g/mol. The van der Waals surface area contributed by atoms with Crippen LogP contribution >= 0.6 is 0 Å². The standard InChI is InChI=1S/C13H23N3O3/c1-5-16-11(8-10(4)15-16)13(17)14-9-12(18-6-2)19-7-3/h8,12H,5-7,9H2,1-4H3,(H,14,17). The molecule has 1 aromatic rings. The van der Waals surface area contributed by atoms with Crippen molar-refractivity contribution in [3.05, 3.63) is 17.5 Å². The Hall–Kier alpha value is -1.40. The van der Waals surface area contributed by atoms with Gasteiger partial charge in [0.05, 0.1) is 12.2 Å². The normalized spacial score (nSPS) is 11.0. The Morgan fingerprint density at radius 3 is 2.53 bits per heavy atom. The molecule has 0 aromatic carbocycles. The number of nitrogens with zero attached hydrogens (tertiary/aromatic N) is 2. The molecule has 0 unspecified atom stereocenters. The largest absolute Gasteiger partial charge is 0.351 e. The van der Waals surface area contributed by atoms with Crippen LogP contribution in [0.15, 0.2) is 6.07 Å². The van der Waals surface area contributed by atoms with Gasteiger partial charge in [0, 0.05) is 19.8 Å². The van der Waals surface area contributed by atoms with Crippen LogP contribution in [0.25, 0.3) is 0 Å². The fourth-order valence-corrected chi connectivity index (χ4v) is 1.77. The molecule has 0 saturated carbocycles. The lowest BCUT2D eigenvalue weighted by Gasteiger charge is -2.17. The minimum absolute atomic E-state index is 0.160. The lowest BCUT2D eigenvalue weighted by Crippen LogP contribution is -2.36. The summed E-state index contributed by atoms with van der Waals surface area (Å²) in [5.41, 5.74) is 1.39. The van der Waals surface area contributed by atoms with Crippen LogP contribution in [-0.4, -0.2) is 41.7 Å². The highest BCUT2D eigenvalue weighted by Gasteiger charge is 2.15. The van der Waals surface area contributed by atoms with Crippen LogP contribution < -0.4 is 5.32 Å². The van der Waals surface area contributed by atoms with Gasteiger partial charge in [0.25, 0.3) is 5.91 Å². The van der Waals surface area contributed by atoms with Crippen molar-refractivity contribution in [1.82, 2.24) is 15.1 Å². The summed E-state index contributed by atoms with van der Waals surface area (Å²) in [6, 6.07) is 1.77. The first-order valence-electron chi connectivity index (χ1n) is 6.68. The maximum Gasteiger partial charge on any atom is 0.269 e. The van der Waals surface area contributed by atoms with E-state index in [1.165, 1.54) is 0 Å². The van der Waals surface area contributed by atoms with Crippen LogP contribution in [0.4, 0.5) is 0 Å². The van der Waals surface area contributed by atoms with Crippen molar-refractivity contribution in [3.8, 4) is 0 Å². The third-order valence-electron chi connectivity index (χ3n) is 2.57. The summed E-state index contributed by atoms with van der Waals surface area (Å²) in [5.74, 6) is -0.160. The Morgan fingerprint density at radius 2 is 2.00 bits per heavy atom. The Labute approximate surface area is 114 Å². The van der Waals surface area contributed by atoms with E-state index in [2.05, 4.69) is 10.4 Å². The highest BCUT2D eigenvalue weighted by molar-refractivity contribution is 5.92. The second-order valence-corrected chi connectivity index (χ2v) is 4.04. The molecule has 6 nitrogen and oxygen atoms in total. The second kappa shape index (κ2) is 7.91. The molecule has 0 saturated heterocycles. The van der Waals surface area contributed by atoms with Crippen molar-refractivity contribution in [2.45, 2.75) is 40.5 Å². The molecule has 0 radical (unpaired) electrons. The zero-order chi connectivity index (χ0) is 14.3. The summed E-state index contributed by atoms with van der Waals surface area (Å²) in [5, 5.41) is 7.05. The molecule has 0 spiro atoms. The van der Waals surface area contributed by atoms with E-state index >= 15 is 0 Å². The minimum atomic E-state index is -0.405. The van der Waals surface area contributed by atoms with Gasteiger partial charge in [-0.2, -0.15) is 5.10 Å². The number of carbonyl (C=O) groups is 1. The number of ether oxygens (including phenoxy) is 2. The van der Waals surface area contributed by atoms with Gasteiger partial charge in [0.2, 0.25) is 0 Å². The monoisotopic (exact) mass is 269 g/mol. The van der Waals surface area contributed by atoms with E-state index in [1.807, 2.05) is 27.7 Å². The molecular formula is C13H23N3O3. The first-order valence-corrected chi connectivity index (χ1v) is 6.68. The molecule has 1 rings (SSSR count). The van der Waals surface area contributed by atoms with Gasteiger partial charge in [-0.3, -0.25) is 9.48 Å². The van der Waals surface area contributed by atoms with Crippen molar-refractivity contribution in [3.63, 3.8) is 0 Å². The SMILES string of the molecule is CCOC(CNC(=O)c1cc(C)nn1CC)OCC. The number of aryl methyl sites for hydroxylation is 2. The van der Waals surface area contributed by atoms with Crippen LogP contribution in [0.5, 0.6) is 0 Å². The number of amides is 1. The minimum Gasteiger partial charge on any atom is -0.351 e. The van der Waals surface area contributed by atoms with Crippen LogP contribution in [0.1, 0.15) is 37.0 Å². The van der Waals surface area contributed by atoms with Gasteiger partial charge in [-0.15, -0.1) is 0 Å². The van der Waals surface area contributed by atoms with Gasteiger partial charge in [-0.1, -0.05) is 0 Å². The van der Waals surface area contributed by atoms with Crippen LogP contribution in [0, 0.1) is 6.92 Å². The maximum absolute atomic E-state index is 12.1. The number of aromatic nitrogens is 2. The molecule has 0 aliphatic rings. The maximum atomic E-state index is 12.1. The van der Waals surface area contributed by atoms with E-state index in [-0.39, 0.29) is 5.91 Å².